The minimum Gasteiger partial charge on any atom is -0.491 e. The van der Waals surface area contributed by atoms with Crippen molar-refractivity contribution < 1.29 is 14.2 Å². The van der Waals surface area contributed by atoms with Gasteiger partial charge >= 0.3 is 0 Å². The average molecular weight is 354 g/mol. The molecule has 0 aliphatic carbocycles. The van der Waals surface area contributed by atoms with Gasteiger partial charge < -0.3 is 15.2 Å². The second-order valence-electron chi connectivity index (χ2n) is 4.79. The average Bonchev–Trinajstić information content (AvgIpc) is 2.46. The Kier molecular flexibility index (Phi) is 5.59. The minimum atomic E-state index is -0.683. The normalized spacial score (nSPS) is 12.0. The summed E-state index contributed by atoms with van der Waals surface area (Å²) < 4.78 is 19.3. The third-order valence-electron chi connectivity index (χ3n) is 2.89. The molecule has 0 spiro atoms. The lowest BCUT2D eigenvalue weighted by molar-refractivity contribution is 0.117. The van der Waals surface area contributed by atoms with Crippen molar-refractivity contribution in [2.24, 2.45) is 0 Å². The van der Waals surface area contributed by atoms with Crippen LogP contribution >= 0.6 is 15.9 Å². The van der Waals surface area contributed by atoms with Crippen LogP contribution in [0.3, 0.4) is 0 Å². The van der Waals surface area contributed by atoms with E-state index in [9.17, 15) is 9.50 Å². The SMILES string of the molecule is Cc1cccc(OCC(O)CNc2ccc(Br)c(F)c2)c1. The van der Waals surface area contributed by atoms with E-state index in [1.807, 2.05) is 31.2 Å². The van der Waals surface area contributed by atoms with Gasteiger partial charge in [0.15, 0.2) is 0 Å². The molecule has 0 bridgehead atoms. The van der Waals surface area contributed by atoms with Crippen LogP contribution in [0, 0.1) is 12.7 Å². The molecule has 0 aliphatic heterocycles. The Morgan fingerprint density at radius 2 is 2.10 bits per heavy atom. The van der Waals surface area contributed by atoms with Gasteiger partial charge in [0.2, 0.25) is 0 Å². The van der Waals surface area contributed by atoms with E-state index in [1.165, 1.54) is 6.07 Å². The van der Waals surface area contributed by atoms with Gasteiger partial charge in [-0.25, -0.2) is 4.39 Å². The van der Waals surface area contributed by atoms with Crippen LogP contribution in [-0.2, 0) is 0 Å². The second-order valence-corrected chi connectivity index (χ2v) is 5.65. The van der Waals surface area contributed by atoms with Crippen LogP contribution in [0.4, 0.5) is 10.1 Å². The van der Waals surface area contributed by atoms with Crippen molar-refractivity contribution in [2.45, 2.75) is 13.0 Å². The van der Waals surface area contributed by atoms with E-state index in [4.69, 9.17) is 4.74 Å². The van der Waals surface area contributed by atoms with Crippen LogP contribution < -0.4 is 10.1 Å². The Morgan fingerprint density at radius 3 is 2.81 bits per heavy atom. The molecule has 0 radical (unpaired) electrons. The monoisotopic (exact) mass is 353 g/mol. The van der Waals surface area contributed by atoms with Gasteiger partial charge in [-0.2, -0.15) is 0 Å². The maximum Gasteiger partial charge on any atom is 0.139 e. The third-order valence-corrected chi connectivity index (χ3v) is 3.54. The molecular weight excluding hydrogens is 337 g/mol. The molecule has 5 heteroatoms. The van der Waals surface area contributed by atoms with E-state index in [2.05, 4.69) is 21.2 Å². The first-order valence-corrected chi connectivity index (χ1v) is 7.40. The lowest BCUT2D eigenvalue weighted by atomic mass is 10.2. The van der Waals surface area contributed by atoms with Crippen LogP contribution in [0.25, 0.3) is 0 Å². The zero-order chi connectivity index (χ0) is 15.2. The van der Waals surface area contributed by atoms with Crippen molar-refractivity contribution in [3.05, 3.63) is 58.3 Å². The molecule has 1 unspecified atom stereocenters. The first-order valence-electron chi connectivity index (χ1n) is 6.61. The fraction of sp³-hybridized carbons (Fsp3) is 0.250. The molecule has 2 aromatic carbocycles. The molecule has 3 nitrogen and oxygen atoms in total. The molecule has 0 amide bonds. The highest BCUT2D eigenvalue weighted by atomic mass is 79.9. The maximum atomic E-state index is 13.3. The number of aliphatic hydroxyl groups excluding tert-OH is 1. The summed E-state index contributed by atoms with van der Waals surface area (Å²) in [5.74, 6) is 0.384. The Labute approximate surface area is 131 Å². The van der Waals surface area contributed by atoms with Crippen molar-refractivity contribution >= 4 is 21.6 Å². The predicted octanol–water partition coefficient (Wildman–Crippen LogP) is 3.75. The maximum absolute atomic E-state index is 13.3. The van der Waals surface area contributed by atoms with Gasteiger partial charge in [-0.1, -0.05) is 12.1 Å². The van der Waals surface area contributed by atoms with E-state index in [0.717, 1.165) is 11.3 Å². The zero-order valence-electron chi connectivity index (χ0n) is 11.6. The largest absolute Gasteiger partial charge is 0.491 e. The number of aryl methyl sites for hydroxylation is 1. The number of hydrogen-bond acceptors (Lipinski definition) is 3. The number of aliphatic hydroxyl groups is 1. The van der Waals surface area contributed by atoms with Gasteiger partial charge in [-0.05, 0) is 58.7 Å². The predicted molar refractivity (Wildman–Crippen MR) is 85.3 cm³/mol. The molecule has 0 fully saturated rings. The van der Waals surface area contributed by atoms with E-state index in [0.29, 0.717) is 10.2 Å². The summed E-state index contributed by atoms with van der Waals surface area (Å²) in [6.45, 7) is 2.44. The van der Waals surface area contributed by atoms with Crippen LogP contribution in [0.15, 0.2) is 46.9 Å². The molecule has 0 saturated heterocycles. The highest BCUT2D eigenvalue weighted by molar-refractivity contribution is 9.10. The summed E-state index contributed by atoms with van der Waals surface area (Å²) in [7, 11) is 0. The number of hydrogen-bond donors (Lipinski definition) is 2. The lowest BCUT2D eigenvalue weighted by Crippen LogP contribution is -2.26. The van der Waals surface area contributed by atoms with Gasteiger partial charge in [0.1, 0.15) is 24.3 Å². The summed E-state index contributed by atoms with van der Waals surface area (Å²) in [6, 6.07) is 12.4. The minimum absolute atomic E-state index is 0.176. The number of nitrogens with one attached hydrogen (secondary N) is 1. The van der Waals surface area contributed by atoms with Crippen molar-refractivity contribution in [3.63, 3.8) is 0 Å². The molecule has 2 rings (SSSR count). The van der Waals surface area contributed by atoms with Gasteiger partial charge in [-0.3, -0.25) is 0 Å². The standard InChI is InChI=1S/C16H17BrFNO2/c1-11-3-2-4-14(7-11)21-10-13(20)9-19-12-5-6-15(17)16(18)8-12/h2-8,13,19-20H,9-10H2,1H3. The number of anilines is 1. The van der Waals surface area contributed by atoms with Gasteiger partial charge in [0, 0.05) is 12.2 Å². The van der Waals surface area contributed by atoms with Crippen LogP contribution in [-0.4, -0.2) is 24.4 Å². The summed E-state index contributed by atoms with van der Waals surface area (Å²) in [4.78, 5) is 0. The molecule has 0 aromatic heterocycles. The van der Waals surface area contributed by atoms with Crippen molar-refractivity contribution in [2.75, 3.05) is 18.5 Å². The Hall–Kier alpha value is -1.59. The van der Waals surface area contributed by atoms with E-state index >= 15 is 0 Å². The Bertz CT molecular complexity index is 607. The number of rotatable bonds is 6. The smallest absolute Gasteiger partial charge is 0.139 e. The zero-order valence-corrected chi connectivity index (χ0v) is 13.2. The van der Waals surface area contributed by atoms with Gasteiger partial charge in [-0.15, -0.1) is 0 Å². The highest BCUT2D eigenvalue weighted by Crippen LogP contribution is 2.19. The first kappa shape index (κ1) is 15.8. The Balaban J connectivity index is 1.79. The highest BCUT2D eigenvalue weighted by Gasteiger charge is 2.06. The second kappa shape index (κ2) is 7.43. The van der Waals surface area contributed by atoms with Gasteiger partial charge in [0.25, 0.3) is 0 Å². The molecule has 21 heavy (non-hydrogen) atoms. The van der Waals surface area contributed by atoms with E-state index < -0.39 is 6.10 Å². The molecule has 2 N–H and O–H groups in total. The summed E-state index contributed by atoms with van der Waals surface area (Å²) in [5, 5.41) is 12.8. The molecule has 0 saturated carbocycles. The first-order chi connectivity index (χ1) is 10.0. The van der Waals surface area contributed by atoms with Gasteiger partial charge in [0.05, 0.1) is 4.47 Å². The fourth-order valence-corrected chi connectivity index (χ4v) is 2.04. The third kappa shape index (κ3) is 5.02. The quantitative estimate of drug-likeness (QED) is 0.830. The number of ether oxygens (including phenoxy) is 1. The van der Waals surface area contributed by atoms with E-state index in [-0.39, 0.29) is 19.0 Å². The summed E-state index contributed by atoms with van der Waals surface area (Å²) in [5.41, 5.74) is 1.72. The molecule has 0 heterocycles. The molecule has 112 valence electrons. The lowest BCUT2D eigenvalue weighted by Gasteiger charge is -2.14. The molecule has 2 aromatic rings. The molecule has 1 atom stereocenters. The molecule has 0 aliphatic rings. The van der Waals surface area contributed by atoms with Crippen molar-refractivity contribution in [1.29, 1.82) is 0 Å². The van der Waals surface area contributed by atoms with Crippen molar-refractivity contribution in [3.8, 4) is 5.75 Å². The summed E-state index contributed by atoms with van der Waals surface area (Å²) >= 11 is 3.09. The topological polar surface area (TPSA) is 41.5 Å². The summed E-state index contributed by atoms with van der Waals surface area (Å²) in [6.07, 6.45) is -0.683. The number of benzene rings is 2. The van der Waals surface area contributed by atoms with Crippen molar-refractivity contribution in [1.82, 2.24) is 0 Å². The molecular formula is C16H17BrFNO2. The van der Waals surface area contributed by atoms with Crippen LogP contribution in [0.1, 0.15) is 5.56 Å². The fourth-order valence-electron chi connectivity index (χ4n) is 1.80. The van der Waals surface area contributed by atoms with Crippen LogP contribution in [0.2, 0.25) is 0 Å². The Morgan fingerprint density at radius 1 is 1.29 bits per heavy atom. The van der Waals surface area contributed by atoms with E-state index in [1.54, 1.807) is 12.1 Å². The van der Waals surface area contributed by atoms with Crippen LogP contribution in [0.5, 0.6) is 5.75 Å². The number of halogens is 2.